The topological polar surface area (TPSA) is 25.2 Å². The molecule has 0 aliphatic heterocycles. The van der Waals surface area contributed by atoms with Gasteiger partial charge in [0.1, 0.15) is 0 Å². The molecule has 2 aromatic carbocycles. The molecule has 0 aliphatic rings. The third kappa shape index (κ3) is 2.72. The third-order valence-electron chi connectivity index (χ3n) is 4.44. The van der Waals surface area contributed by atoms with Gasteiger partial charge in [0.25, 0.3) is 0 Å². The van der Waals surface area contributed by atoms with Crippen molar-refractivity contribution >= 4 is 27.7 Å². The Labute approximate surface area is 137 Å². The van der Waals surface area contributed by atoms with Crippen molar-refractivity contribution < 1.29 is 4.79 Å². The number of benzene rings is 2. The predicted molar refractivity (Wildman–Crippen MR) is 96.4 cm³/mol. The summed E-state index contributed by atoms with van der Waals surface area (Å²) in [6.45, 7) is 7.66. The number of fused-ring (bicyclic) bond motifs is 3. The summed E-state index contributed by atoms with van der Waals surface area (Å²) in [5.41, 5.74) is 3.71. The first-order valence-electron chi connectivity index (χ1n) is 8.27. The molecular formula is C20H24N2O. The normalized spacial score (nSPS) is 11.5. The van der Waals surface area contributed by atoms with E-state index >= 15 is 0 Å². The molecule has 120 valence electrons. The zero-order chi connectivity index (χ0) is 16.6. The average Bonchev–Trinajstić information content (AvgIpc) is 2.87. The SMILES string of the molecule is CCn1c2ccccc2c2cc(CN(C)C(=O)C(C)C)ccc21. The number of carbonyl (C=O) groups excluding carboxylic acids is 1. The van der Waals surface area contributed by atoms with Gasteiger partial charge in [0.05, 0.1) is 0 Å². The number of amides is 1. The lowest BCUT2D eigenvalue weighted by Crippen LogP contribution is -2.29. The minimum absolute atomic E-state index is 0.0331. The van der Waals surface area contributed by atoms with Crippen LogP contribution in [0.3, 0.4) is 0 Å². The molecule has 3 rings (SSSR count). The van der Waals surface area contributed by atoms with Gasteiger partial charge in [-0.2, -0.15) is 0 Å². The van der Waals surface area contributed by atoms with Gasteiger partial charge in [-0.3, -0.25) is 4.79 Å². The zero-order valence-electron chi connectivity index (χ0n) is 14.3. The summed E-state index contributed by atoms with van der Waals surface area (Å²) in [7, 11) is 1.88. The van der Waals surface area contributed by atoms with Crippen LogP contribution in [0, 0.1) is 5.92 Å². The minimum Gasteiger partial charge on any atom is -0.341 e. The lowest BCUT2D eigenvalue weighted by Gasteiger charge is -2.19. The first kappa shape index (κ1) is 15.6. The van der Waals surface area contributed by atoms with Gasteiger partial charge in [0, 0.05) is 47.9 Å². The fourth-order valence-corrected chi connectivity index (χ4v) is 3.33. The lowest BCUT2D eigenvalue weighted by atomic mass is 10.1. The van der Waals surface area contributed by atoms with Crippen LogP contribution in [0.1, 0.15) is 26.3 Å². The molecular weight excluding hydrogens is 284 g/mol. The quantitative estimate of drug-likeness (QED) is 0.700. The second-order valence-corrected chi connectivity index (χ2v) is 6.46. The molecule has 1 amide bonds. The van der Waals surface area contributed by atoms with Crippen molar-refractivity contribution in [2.75, 3.05) is 7.05 Å². The molecule has 0 radical (unpaired) electrons. The van der Waals surface area contributed by atoms with Crippen LogP contribution >= 0.6 is 0 Å². The van der Waals surface area contributed by atoms with Crippen LogP contribution in [0.15, 0.2) is 42.5 Å². The van der Waals surface area contributed by atoms with Crippen LogP contribution in [0.2, 0.25) is 0 Å². The van der Waals surface area contributed by atoms with Crippen molar-refractivity contribution in [3.8, 4) is 0 Å². The molecule has 0 spiro atoms. The number of aryl methyl sites for hydroxylation is 1. The smallest absolute Gasteiger partial charge is 0.225 e. The molecule has 1 heterocycles. The number of para-hydroxylation sites is 1. The Bertz CT molecular complexity index is 861. The molecule has 0 aliphatic carbocycles. The third-order valence-corrected chi connectivity index (χ3v) is 4.44. The van der Waals surface area contributed by atoms with Crippen molar-refractivity contribution in [3.63, 3.8) is 0 Å². The Kier molecular flexibility index (Phi) is 4.12. The highest BCUT2D eigenvalue weighted by Gasteiger charge is 2.14. The van der Waals surface area contributed by atoms with Gasteiger partial charge in [-0.15, -0.1) is 0 Å². The van der Waals surface area contributed by atoms with E-state index in [0.29, 0.717) is 6.54 Å². The second-order valence-electron chi connectivity index (χ2n) is 6.46. The summed E-state index contributed by atoms with van der Waals surface area (Å²) in [4.78, 5) is 13.9. The maximum Gasteiger partial charge on any atom is 0.225 e. The van der Waals surface area contributed by atoms with E-state index in [1.54, 1.807) is 0 Å². The number of hydrogen-bond acceptors (Lipinski definition) is 1. The minimum atomic E-state index is 0.0331. The van der Waals surface area contributed by atoms with Crippen LogP contribution in [-0.2, 0) is 17.9 Å². The molecule has 0 fully saturated rings. The average molecular weight is 308 g/mol. The van der Waals surface area contributed by atoms with Crippen molar-refractivity contribution in [2.45, 2.75) is 33.9 Å². The fourth-order valence-electron chi connectivity index (χ4n) is 3.33. The monoisotopic (exact) mass is 308 g/mol. The Morgan fingerprint density at radius 2 is 1.78 bits per heavy atom. The molecule has 23 heavy (non-hydrogen) atoms. The number of carbonyl (C=O) groups is 1. The second kappa shape index (κ2) is 6.07. The van der Waals surface area contributed by atoms with E-state index in [1.165, 1.54) is 27.4 Å². The molecule has 0 bridgehead atoms. The van der Waals surface area contributed by atoms with Crippen molar-refractivity contribution in [3.05, 3.63) is 48.0 Å². The van der Waals surface area contributed by atoms with Gasteiger partial charge in [0.15, 0.2) is 0 Å². The van der Waals surface area contributed by atoms with Gasteiger partial charge >= 0.3 is 0 Å². The maximum atomic E-state index is 12.1. The van der Waals surface area contributed by atoms with Gasteiger partial charge in [-0.25, -0.2) is 0 Å². The fraction of sp³-hybridized carbons (Fsp3) is 0.350. The molecule has 0 N–H and O–H groups in total. The highest BCUT2D eigenvalue weighted by molar-refractivity contribution is 6.08. The molecule has 3 nitrogen and oxygen atoms in total. The molecule has 3 aromatic rings. The highest BCUT2D eigenvalue weighted by atomic mass is 16.2. The maximum absolute atomic E-state index is 12.1. The van der Waals surface area contributed by atoms with Crippen LogP contribution in [0.25, 0.3) is 21.8 Å². The first-order chi connectivity index (χ1) is 11.0. The van der Waals surface area contributed by atoms with Gasteiger partial charge in [-0.05, 0) is 30.7 Å². The largest absolute Gasteiger partial charge is 0.341 e. The predicted octanol–water partition coefficient (Wildman–Crippen LogP) is 4.43. The summed E-state index contributed by atoms with van der Waals surface area (Å²) in [6, 6.07) is 15.1. The summed E-state index contributed by atoms with van der Waals surface area (Å²) in [5.74, 6) is 0.215. The molecule has 0 saturated carbocycles. The summed E-state index contributed by atoms with van der Waals surface area (Å²) >= 11 is 0. The zero-order valence-corrected chi connectivity index (χ0v) is 14.3. The Morgan fingerprint density at radius 3 is 2.48 bits per heavy atom. The molecule has 3 heteroatoms. The van der Waals surface area contributed by atoms with E-state index < -0.39 is 0 Å². The van der Waals surface area contributed by atoms with Gasteiger partial charge < -0.3 is 9.47 Å². The van der Waals surface area contributed by atoms with Crippen LogP contribution < -0.4 is 0 Å². The molecule has 0 unspecified atom stereocenters. The molecule has 0 atom stereocenters. The Balaban J connectivity index is 2.05. The number of aromatic nitrogens is 1. The Morgan fingerprint density at radius 1 is 1.09 bits per heavy atom. The van der Waals surface area contributed by atoms with Crippen molar-refractivity contribution in [1.29, 1.82) is 0 Å². The summed E-state index contributed by atoms with van der Waals surface area (Å²) in [5, 5.41) is 2.55. The highest BCUT2D eigenvalue weighted by Crippen LogP contribution is 2.29. The summed E-state index contributed by atoms with van der Waals surface area (Å²) in [6.07, 6.45) is 0. The number of rotatable bonds is 4. The van der Waals surface area contributed by atoms with E-state index in [9.17, 15) is 4.79 Å². The van der Waals surface area contributed by atoms with E-state index in [2.05, 4.69) is 54.0 Å². The van der Waals surface area contributed by atoms with Crippen LogP contribution in [0.5, 0.6) is 0 Å². The number of nitrogens with zero attached hydrogens (tertiary/aromatic N) is 2. The summed E-state index contributed by atoms with van der Waals surface area (Å²) < 4.78 is 2.34. The van der Waals surface area contributed by atoms with Crippen LogP contribution in [0.4, 0.5) is 0 Å². The van der Waals surface area contributed by atoms with Gasteiger partial charge in [-0.1, -0.05) is 38.1 Å². The standard InChI is InChI=1S/C20H24N2O/c1-5-22-18-9-7-6-8-16(18)17-12-15(10-11-19(17)22)13-21(4)20(23)14(2)3/h6-12,14H,5,13H2,1-4H3. The number of hydrogen-bond donors (Lipinski definition) is 0. The molecule has 0 saturated heterocycles. The van der Waals surface area contributed by atoms with Crippen molar-refractivity contribution in [1.82, 2.24) is 9.47 Å². The van der Waals surface area contributed by atoms with E-state index in [-0.39, 0.29) is 11.8 Å². The van der Waals surface area contributed by atoms with E-state index in [1.807, 2.05) is 25.8 Å². The van der Waals surface area contributed by atoms with E-state index in [4.69, 9.17) is 0 Å². The van der Waals surface area contributed by atoms with E-state index in [0.717, 1.165) is 6.54 Å². The van der Waals surface area contributed by atoms with Crippen LogP contribution in [-0.4, -0.2) is 22.4 Å². The van der Waals surface area contributed by atoms with Crippen molar-refractivity contribution in [2.24, 2.45) is 5.92 Å². The Hall–Kier alpha value is -2.29. The first-order valence-corrected chi connectivity index (χ1v) is 8.27. The molecule has 1 aromatic heterocycles. The van der Waals surface area contributed by atoms with Gasteiger partial charge in [0.2, 0.25) is 5.91 Å². The lowest BCUT2D eigenvalue weighted by molar-refractivity contribution is -0.133.